The highest BCUT2D eigenvalue weighted by Crippen LogP contribution is 2.46. The van der Waals surface area contributed by atoms with Gasteiger partial charge in [0.05, 0.1) is 11.0 Å². The summed E-state index contributed by atoms with van der Waals surface area (Å²) in [6.45, 7) is 15.1. The molecule has 1 N–H and O–H groups in total. The van der Waals surface area contributed by atoms with Crippen molar-refractivity contribution in [3.63, 3.8) is 0 Å². The van der Waals surface area contributed by atoms with Crippen molar-refractivity contribution in [2.45, 2.75) is 81.1 Å². The van der Waals surface area contributed by atoms with Crippen LogP contribution in [0.3, 0.4) is 0 Å². The summed E-state index contributed by atoms with van der Waals surface area (Å²) >= 11 is 0. The van der Waals surface area contributed by atoms with Gasteiger partial charge in [0.2, 0.25) is 0 Å². The first kappa shape index (κ1) is 25.7. The van der Waals surface area contributed by atoms with Crippen LogP contribution in [0.25, 0.3) is 0 Å². The number of aliphatic hydroxyl groups is 1. The lowest BCUT2D eigenvalue weighted by atomic mass is 9.66. The molecule has 0 bridgehead atoms. The van der Waals surface area contributed by atoms with Crippen molar-refractivity contribution in [3.05, 3.63) is 57.6 Å². The van der Waals surface area contributed by atoms with Gasteiger partial charge in [-0.05, 0) is 72.8 Å². The lowest BCUT2D eigenvalue weighted by Gasteiger charge is -2.39. The molecule has 1 aliphatic rings. The van der Waals surface area contributed by atoms with Crippen LogP contribution >= 0.6 is 0 Å². The second kappa shape index (κ2) is 10.6. The number of ketones is 2. The monoisotopic (exact) mass is 413 g/mol. The second-order valence-corrected chi connectivity index (χ2v) is 9.07. The fraction of sp³-hybridized carbons (Fsp3) is 0.538. The zero-order valence-electron chi connectivity index (χ0n) is 19.8. The molecule has 1 rings (SSSR count). The highest BCUT2D eigenvalue weighted by Gasteiger charge is 2.48. The van der Waals surface area contributed by atoms with Gasteiger partial charge in [-0.1, -0.05) is 54.6 Å². The maximum Gasteiger partial charge on any atom is 0.180 e. The summed E-state index contributed by atoms with van der Waals surface area (Å²) in [6.07, 6.45) is 6.86. The molecular weight excluding hydrogens is 376 g/mol. The van der Waals surface area contributed by atoms with Crippen molar-refractivity contribution in [2.24, 2.45) is 11.3 Å². The van der Waals surface area contributed by atoms with Gasteiger partial charge in [0.1, 0.15) is 5.76 Å². The smallest absolute Gasteiger partial charge is 0.180 e. The molecule has 0 fully saturated rings. The summed E-state index contributed by atoms with van der Waals surface area (Å²) in [5, 5.41) is 24.5. The van der Waals surface area contributed by atoms with E-state index in [2.05, 4.69) is 0 Å². The van der Waals surface area contributed by atoms with E-state index in [1.54, 1.807) is 6.92 Å². The Bertz CT molecular complexity index is 814. The van der Waals surface area contributed by atoms with Crippen LogP contribution in [0.4, 0.5) is 0 Å². The summed E-state index contributed by atoms with van der Waals surface area (Å²) in [6, 6.07) is 0. The lowest BCUT2D eigenvalue weighted by molar-refractivity contribution is -0.299. The standard InChI is InChI=1S/C26H38O4/c1-9-19(8)22(27)21-23(28)20(11-10-16(2)3)24(29)26(25(21)30,14-12-17(4)5)15-13-18(6)7/h10,12-13,19,28-29H,9,11,14-15H2,1-8H3/p-1. The average Bonchev–Trinajstić information content (AvgIpc) is 2.66. The second-order valence-electron chi connectivity index (χ2n) is 9.07. The van der Waals surface area contributed by atoms with E-state index in [0.29, 0.717) is 6.42 Å². The zero-order chi connectivity index (χ0) is 23.2. The van der Waals surface area contributed by atoms with Crippen LogP contribution in [-0.2, 0) is 9.59 Å². The third kappa shape index (κ3) is 5.62. The Morgan fingerprint density at radius 3 is 1.87 bits per heavy atom. The summed E-state index contributed by atoms with van der Waals surface area (Å²) in [7, 11) is 0. The number of aliphatic hydroxyl groups excluding tert-OH is 1. The fourth-order valence-corrected chi connectivity index (χ4v) is 3.37. The van der Waals surface area contributed by atoms with E-state index in [-0.39, 0.29) is 36.2 Å². The van der Waals surface area contributed by atoms with Gasteiger partial charge in [-0.2, -0.15) is 0 Å². The van der Waals surface area contributed by atoms with E-state index in [1.807, 2.05) is 66.7 Å². The highest BCUT2D eigenvalue weighted by molar-refractivity contribution is 6.24. The van der Waals surface area contributed by atoms with Gasteiger partial charge in [0.15, 0.2) is 11.6 Å². The van der Waals surface area contributed by atoms with Crippen molar-refractivity contribution in [3.8, 4) is 0 Å². The summed E-state index contributed by atoms with van der Waals surface area (Å²) in [5.74, 6) is -2.21. The Kier molecular flexibility index (Phi) is 9.08. The Morgan fingerprint density at radius 2 is 1.47 bits per heavy atom. The molecule has 1 unspecified atom stereocenters. The van der Waals surface area contributed by atoms with E-state index in [0.717, 1.165) is 16.7 Å². The quantitative estimate of drug-likeness (QED) is 0.390. The molecule has 4 nitrogen and oxygen atoms in total. The van der Waals surface area contributed by atoms with Gasteiger partial charge in [-0.25, -0.2) is 0 Å². The van der Waals surface area contributed by atoms with Crippen molar-refractivity contribution < 1.29 is 19.8 Å². The van der Waals surface area contributed by atoms with Gasteiger partial charge in [0, 0.05) is 5.92 Å². The van der Waals surface area contributed by atoms with Crippen LogP contribution < -0.4 is 5.11 Å². The van der Waals surface area contributed by atoms with Crippen LogP contribution in [-0.4, -0.2) is 16.7 Å². The number of carbonyl (C=O) groups excluding carboxylic acids is 2. The molecule has 0 amide bonds. The molecule has 0 aromatic carbocycles. The van der Waals surface area contributed by atoms with Gasteiger partial charge in [-0.3, -0.25) is 9.59 Å². The SMILES string of the molecule is CCC(C)C(=O)C1=C([O-])C(CC=C(C)C)=C(O)C(CC=C(C)C)(CC=C(C)C)C1=O. The summed E-state index contributed by atoms with van der Waals surface area (Å²) in [4.78, 5) is 26.8. The van der Waals surface area contributed by atoms with Crippen LogP contribution in [0.5, 0.6) is 0 Å². The van der Waals surface area contributed by atoms with E-state index < -0.39 is 28.7 Å². The molecular formula is C26H37O4-. The number of hydrogen-bond donors (Lipinski definition) is 1. The predicted octanol–water partition coefficient (Wildman–Crippen LogP) is 5.67. The minimum Gasteiger partial charge on any atom is -0.872 e. The van der Waals surface area contributed by atoms with Crippen molar-refractivity contribution in [1.82, 2.24) is 0 Å². The average molecular weight is 414 g/mol. The molecule has 0 heterocycles. The molecule has 1 aliphatic carbocycles. The first-order valence-corrected chi connectivity index (χ1v) is 10.7. The molecule has 0 aliphatic heterocycles. The van der Waals surface area contributed by atoms with Gasteiger partial charge >= 0.3 is 0 Å². The zero-order valence-corrected chi connectivity index (χ0v) is 19.8. The molecule has 166 valence electrons. The maximum atomic E-state index is 13.7. The molecule has 0 aromatic rings. The van der Waals surface area contributed by atoms with Crippen molar-refractivity contribution >= 4 is 11.6 Å². The third-order valence-electron chi connectivity index (χ3n) is 5.64. The number of rotatable bonds is 9. The number of allylic oxidation sites excluding steroid dienone is 9. The number of Topliss-reactive ketones (excluding diaryl/α,β-unsaturated/α-hetero) is 2. The first-order valence-electron chi connectivity index (χ1n) is 10.7. The van der Waals surface area contributed by atoms with E-state index in [9.17, 15) is 19.8 Å². The van der Waals surface area contributed by atoms with E-state index >= 15 is 0 Å². The maximum absolute atomic E-state index is 13.7. The highest BCUT2D eigenvalue weighted by atomic mass is 16.3. The van der Waals surface area contributed by atoms with Gasteiger partial charge in [0.25, 0.3) is 0 Å². The Labute approximate surface area is 181 Å². The Hall–Kier alpha value is -2.36. The molecule has 0 saturated heterocycles. The molecule has 30 heavy (non-hydrogen) atoms. The van der Waals surface area contributed by atoms with Crippen LogP contribution in [0, 0.1) is 11.3 Å². The third-order valence-corrected chi connectivity index (χ3v) is 5.64. The topological polar surface area (TPSA) is 77.4 Å². The molecule has 0 saturated carbocycles. The van der Waals surface area contributed by atoms with Crippen LogP contribution in [0.1, 0.15) is 81.1 Å². The first-order chi connectivity index (χ1) is 13.9. The van der Waals surface area contributed by atoms with E-state index in [4.69, 9.17) is 0 Å². The predicted molar refractivity (Wildman–Crippen MR) is 121 cm³/mol. The van der Waals surface area contributed by atoms with Crippen LogP contribution in [0.2, 0.25) is 0 Å². The minimum atomic E-state index is -1.33. The normalized spacial score (nSPS) is 16.9. The molecule has 0 spiro atoms. The Balaban J connectivity index is 3.87. The molecule has 4 heteroatoms. The minimum absolute atomic E-state index is 0.159. The van der Waals surface area contributed by atoms with Gasteiger partial charge in [-0.15, -0.1) is 0 Å². The van der Waals surface area contributed by atoms with Crippen molar-refractivity contribution in [1.29, 1.82) is 0 Å². The van der Waals surface area contributed by atoms with Crippen molar-refractivity contribution in [2.75, 3.05) is 0 Å². The van der Waals surface area contributed by atoms with Gasteiger partial charge < -0.3 is 10.2 Å². The lowest BCUT2D eigenvalue weighted by Crippen LogP contribution is -2.43. The number of carbonyl (C=O) groups is 2. The fourth-order valence-electron chi connectivity index (χ4n) is 3.37. The Morgan fingerprint density at radius 1 is 1.00 bits per heavy atom. The molecule has 0 aromatic heterocycles. The summed E-state index contributed by atoms with van der Waals surface area (Å²) < 4.78 is 0. The molecule has 1 atom stereocenters. The molecule has 0 radical (unpaired) electrons. The van der Waals surface area contributed by atoms with E-state index in [1.165, 1.54) is 0 Å². The largest absolute Gasteiger partial charge is 0.872 e. The summed E-state index contributed by atoms with van der Waals surface area (Å²) in [5.41, 5.74) is 1.56. The number of hydrogen-bond acceptors (Lipinski definition) is 4. The van der Waals surface area contributed by atoms with Crippen LogP contribution in [0.15, 0.2) is 57.6 Å².